The summed E-state index contributed by atoms with van der Waals surface area (Å²) in [6, 6.07) is 8.93. The number of carbonyl (C=O) groups excluding carboxylic acids is 1. The van der Waals surface area contributed by atoms with Crippen LogP contribution < -0.4 is 5.32 Å². The van der Waals surface area contributed by atoms with Gasteiger partial charge in [-0.05, 0) is 50.2 Å². The van der Waals surface area contributed by atoms with Crippen molar-refractivity contribution in [2.45, 2.75) is 57.2 Å². The molecule has 2 fully saturated rings. The minimum Gasteiger partial charge on any atom is -0.469 e. The van der Waals surface area contributed by atoms with Crippen LogP contribution in [0.3, 0.4) is 0 Å². The van der Waals surface area contributed by atoms with Crippen molar-refractivity contribution in [3.8, 4) is 0 Å². The number of para-hydroxylation sites is 1. The Morgan fingerprint density at radius 3 is 2.52 bits per heavy atom. The van der Waals surface area contributed by atoms with E-state index in [2.05, 4.69) is 34.5 Å². The average Bonchev–Trinajstić information content (AvgIpc) is 2.65. The third-order valence-corrected chi connectivity index (χ3v) is 5.59. The number of benzene rings is 1. The number of esters is 1. The molecular weight excluding hydrogens is 316 g/mol. The van der Waals surface area contributed by atoms with E-state index < -0.39 is 0 Å². The number of rotatable bonds is 5. The van der Waals surface area contributed by atoms with Gasteiger partial charge >= 0.3 is 5.97 Å². The lowest BCUT2D eigenvalue weighted by Gasteiger charge is -2.32. The third kappa shape index (κ3) is 4.95. The molecule has 1 aromatic carbocycles. The SMILES string of the molecule is COC(=O)C1CCC(Nc2ccccc2CN2CCC(O)CC2)CC1. The summed E-state index contributed by atoms with van der Waals surface area (Å²) in [6.45, 7) is 2.84. The van der Waals surface area contributed by atoms with E-state index in [9.17, 15) is 9.90 Å². The van der Waals surface area contributed by atoms with Crippen molar-refractivity contribution < 1.29 is 14.6 Å². The van der Waals surface area contributed by atoms with Crippen LogP contribution in [-0.2, 0) is 16.1 Å². The van der Waals surface area contributed by atoms with Crippen LogP contribution in [0, 0.1) is 5.92 Å². The maximum atomic E-state index is 11.7. The number of anilines is 1. The van der Waals surface area contributed by atoms with Crippen molar-refractivity contribution in [2.24, 2.45) is 5.92 Å². The number of hydrogen-bond donors (Lipinski definition) is 2. The summed E-state index contributed by atoms with van der Waals surface area (Å²) in [5.41, 5.74) is 2.52. The number of ether oxygens (including phenoxy) is 1. The average molecular weight is 346 g/mol. The lowest BCUT2D eigenvalue weighted by Crippen LogP contribution is -2.35. The second-order valence-corrected chi connectivity index (χ2v) is 7.38. The van der Waals surface area contributed by atoms with Crippen LogP contribution in [0.15, 0.2) is 24.3 Å². The molecule has 1 aliphatic carbocycles. The van der Waals surface area contributed by atoms with Crippen molar-refractivity contribution in [3.63, 3.8) is 0 Å². The van der Waals surface area contributed by atoms with Gasteiger partial charge in [-0.2, -0.15) is 0 Å². The second-order valence-electron chi connectivity index (χ2n) is 7.38. The Kier molecular flexibility index (Phi) is 6.32. The van der Waals surface area contributed by atoms with E-state index in [0.717, 1.165) is 58.2 Å². The maximum Gasteiger partial charge on any atom is 0.308 e. The van der Waals surface area contributed by atoms with Crippen LogP contribution in [0.4, 0.5) is 5.69 Å². The van der Waals surface area contributed by atoms with Crippen molar-refractivity contribution in [1.82, 2.24) is 4.90 Å². The van der Waals surface area contributed by atoms with E-state index in [1.807, 2.05) is 0 Å². The van der Waals surface area contributed by atoms with E-state index in [-0.39, 0.29) is 18.0 Å². The van der Waals surface area contributed by atoms with Crippen LogP contribution >= 0.6 is 0 Å². The minimum atomic E-state index is -0.130. The number of aliphatic hydroxyl groups excluding tert-OH is 1. The summed E-state index contributed by atoms with van der Waals surface area (Å²) >= 11 is 0. The summed E-state index contributed by atoms with van der Waals surface area (Å²) < 4.78 is 4.87. The van der Waals surface area contributed by atoms with E-state index >= 15 is 0 Å². The molecule has 1 aliphatic heterocycles. The Morgan fingerprint density at radius 2 is 1.84 bits per heavy atom. The molecular formula is C20H30N2O3. The second kappa shape index (κ2) is 8.68. The molecule has 5 nitrogen and oxygen atoms in total. The van der Waals surface area contributed by atoms with E-state index in [1.165, 1.54) is 18.4 Å². The van der Waals surface area contributed by atoms with Gasteiger partial charge in [0.15, 0.2) is 0 Å². The lowest BCUT2D eigenvalue weighted by molar-refractivity contribution is -0.146. The number of likely N-dealkylation sites (tertiary alicyclic amines) is 1. The van der Waals surface area contributed by atoms with Crippen LogP contribution in [-0.4, -0.2) is 48.3 Å². The first-order chi connectivity index (χ1) is 12.2. The molecule has 2 aliphatic rings. The predicted octanol–water partition coefficient (Wildman–Crippen LogP) is 2.79. The Balaban J connectivity index is 1.55. The summed E-state index contributed by atoms with van der Waals surface area (Å²) in [4.78, 5) is 14.1. The minimum absolute atomic E-state index is 0.0638. The zero-order valence-electron chi connectivity index (χ0n) is 15.1. The standard InChI is InChI=1S/C20H30N2O3/c1-25-20(24)15-6-8-17(9-7-15)21-19-5-3-2-4-16(19)14-22-12-10-18(23)11-13-22/h2-5,15,17-18,21,23H,6-14H2,1H3. The molecule has 1 saturated carbocycles. The first kappa shape index (κ1) is 18.2. The Labute approximate surface area is 150 Å². The molecule has 138 valence electrons. The van der Waals surface area contributed by atoms with Gasteiger partial charge in [-0.3, -0.25) is 9.69 Å². The molecule has 2 N–H and O–H groups in total. The number of carbonyl (C=O) groups is 1. The van der Waals surface area contributed by atoms with Crippen LogP contribution in [0.5, 0.6) is 0 Å². The predicted molar refractivity (Wildman–Crippen MR) is 98.3 cm³/mol. The molecule has 1 aromatic rings. The molecule has 0 atom stereocenters. The molecule has 0 spiro atoms. The topological polar surface area (TPSA) is 61.8 Å². The third-order valence-electron chi connectivity index (χ3n) is 5.59. The van der Waals surface area contributed by atoms with Gasteiger partial charge in [0, 0.05) is 31.4 Å². The summed E-state index contributed by atoms with van der Waals surface area (Å²) in [6.07, 6.45) is 5.41. The molecule has 0 unspecified atom stereocenters. The summed E-state index contributed by atoms with van der Waals surface area (Å²) in [5, 5.41) is 13.4. The highest BCUT2D eigenvalue weighted by molar-refractivity contribution is 5.72. The number of nitrogens with zero attached hydrogens (tertiary/aromatic N) is 1. The van der Waals surface area contributed by atoms with Gasteiger partial charge in [-0.15, -0.1) is 0 Å². The zero-order chi connectivity index (χ0) is 17.6. The number of methoxy groups -OCH3 is 1. The first-order valence-electron chi connectivity index (χ1n) is 9.48. The van der Waals surface area contributed by atoms with Crippen LogP contribution in [0.25, 0.3) is 0 Å². The van der Waals surface area contributed by atoms with E-state index in [1.54, 1.807) is 0 Å². The van der Waals surface area contributed by atoms with Gasteiger partial charge in [0.1, 0.15) is 0 Å². The molecule has 3 rings (SSSR count). The van der Waals surface area contributed by atoms with Gasteiger partial charge < -0.3 is 15.2 Å². The highest BCUT2D eigenvalue weighted by Gasteiger charge is 2.27. The zero-order valence-corrected chi connectivity index (χ0v) is 15.1. The van der Waals surface area contributed by atoms with Gasteiger partial charge in [0.2, 0.25) is 0 Å². The highest BCUT2D eigenvalue weighted by atomic mass is 16.5. The summed E-state index contributed by atoms with van der Waals surface area (Å²) in [7, 11) is 1.47. The molecule has 0 radical (unpaired) electrons. The van der Waals surface area contributed by atoms with E-state index in [4.69, 9.17) is 4.74 Å². The monoisotopic (exact) mass is 346 g/mol. The van der Waals surface area contributed by atoms with Crippen molar-refractivity contribution in [3.05, 3.63) is 29.8 Å². The van der Waals surface area contributed by atoms with Crippen LogP contribution in [0.1, 0.15) is 44.1 Å². The maximum absolute atomic E-state index is 11.7. The number of nitrogens with one attached hydrogen (secondary N) is 1. The van der Waals surface area contributed by atoms with Crippen molar-refractivity contribution >= 4 is 11.7 Å². The fourth-order valence-electron chi connectivity index (χ4n) is 3.98. The quantitative estimate of drug-likeness (QED) is 0.803. The van der Waals surface area contributed by atoms with Crippen LogP contribution in [0.2, 0.25) is 0 Å². The normalized spacial score (nSPS) is 25.5. The Hall–Kier alpha value is -1.59. The van der Waals surface area contributed by atoms with Gasteiger partial charge in [0.05, 0.1) is 19.1 Å². The molecule has 25 heavy (non-hydrogen) atoms. The van der Waals surface area contributed by atoms with Gasteiger partial charge in [-0.25, -0.2) is 0 Å². The first-order valence-corrected chi connectivity index (χ1v) is 9.48. The molecule has 1 saturated heterocycles. The van der Waals surface area contributed by atoms with Gasteiger partial charge in [-0.1, -0.05) is 18.2 Å². The number of piperidine rings is 1. The molecule has 5 heteroatoms. The molecule has 1 heterocycles. The highest BCUT2D eigenvalue weighted by Crippen LogP contribution is 2.29. The van der Waals surface area contributed by atoms with Gasteiger partial charge in [0.25, 0.3) is 0 Å². The lowest BCUT2D eigenvalue weighted by atomic mass is 9.86. The fraction of sp³-hybridized carbons (Fsp3) is 0.650. The molecule has 0 amide bonds. The Morgan fingerprint density at radius 1 is 1.16 bits per heavy atom. The number of aliphatic hydroxyl groups is 1. The molecule has 0 aromatic heterocycles. The smallest absolute Gasteiger partial charge is 0.308 e. The molecule has 0 bridgehead atoms. The van der Waals surface area contributed by atoms with Crippen molar-refractivity contribution in [1.29, 1.82) is 0 Å². The fourth-order valence-corrected chi connectivity index (χ4v) is 3.98. The van der Waals surface area contributed by atoms with Crippen molar-refractivity contribution in [2.75, 3.05) is 25.5 Å². The number of hydrogen-bond acceptors (Lipinski definition) is 5. The Bertz CT molecular complexity index is 562. The van der Waals surface area contributed by atoms with E-state index in [0.29, 0.717) is 6.04 Å². The summed E-state index contributed by atoms with van der Waals surface area (Å²) in [5.74, 6) is 0.00390. The largest absolute Gasteiger partial charge is 0.469 e.